The van der Waals surface area contributed by atoms with Crippen LogP contribution in [0.15, 0.2) is 109 Å². The Morgan fingerprint density at radius 2 is 1.59 bits per heavy atom. The summed E-state index contributed by atoms with van der Waals surface area (Å²) in [4.78, 5) is 16.9. The van der Waals surface area contributed by atoms with Gasteiger partial charge in [0.2, 0.25) is 0 Å². The molecule has 4 aromatic carbocycles. The molecule has 5 nitrogen and oxygen atoms in total. The van der Waals surface area contributed by atoms with E-state index >= 15 is 0 Å². The van der Waals surface area contributed by atoms with Crippen LogP contribution in [-0.2, 0) is 9.84 Å². The summed E-state index contributed by atoms with van der Waals surface area (Å²) in [6, 6.07) is 26.5. The molecule has 1 aromatic heterocycles. The molecule has 1 heterocycles. The molecular formula is C31H26Cl2N2O3S. The fourth-order valence-electron chi connectivity index (χ4n) is 4.05. The molecule has 0 unspecified atom stereocenters. The number of aromatic nitrogens is 1. The minimum Gasteiger partial charge on any atom is -0.354 e. The first kappa shape index (κ1) is 28.2. The summed E-state index contributed by atoms with van der Waals surface area (Å²) in [6.07, 6.45) is 2.88. The number of hydrogen-bond acceptors (Lipinski definition) is 3. The number of aromatic amines is 1. The van der Waals surface area contributed by atoms with E-state index in [-0.39, 0.29) is 10.8 Å². The van der Waals surface area contributed by atoms with Crippen molar-refractivity contribution < 1.29 is 13.2 Å². The van der Waals surface area contributed by atoms with Crippen LogP contribution in [-0.4, -0.2) is 25.6 Å². The summed E-state index contributed by atoms with van der Waals surface area (Å²) in [7, 11) is -3.47. The van der Waals surface area contributed by atoms with Crippen LogP contribution in [0.5, 0.6) is 0 Å². The van der Waals surface area contributed by atoms with E-state index < -0.39 is 9.84 Å². The van der Waals surface area contributed by atoms with Crippen LogP contribution in [0.25, 0.3) is 33.3 Å². The van der Waals surface area contributed by atoms with Crippen LogP contribution in [0.1, 0.15) is 17.3 Å². The van der Waals surface area contributed by atoms with E-state index in [1.54, 1.807) is 48.5 Å². The molecule has 8 heteroatoms. The number of sulfone groups is 1. The van der Waals surface area contributed by atoms with Crippen molar-refractivity contribution in [1.82, 2.24) is 4.98 Å². The highest BCUT2D eigenvalue weighted by Gasteiger charge is 2.18. The van der Waals surface area contributed by atoms with Gasteiger partial charge in [0.1, 0.15) is 0 Å². The summed E-state index contributed by atoms with van der Waals surface area (Å²) in [5, 5.41) is 5.05. The van der Waals surface area contributed by atoms with Gasteiger partial charge in [-0.3, -0.25) is 4.79 Å². The van der Waals surface area contributed by atoms with E-state index in [1.165, 1.54) is 18.2 Å². The van der Waals surface area contributed by atoms with Crippen molar-refractivity contribution in [3.63, 3.8) is 0 Å². The number of nitrogens with one attached hydrogen (secondary N) is 2. The molecule has 0 aliphatic rings. The first-order valence-corrected chi connectivity index (χ1v) is 14.6. The van der Waals surface area contributed by atoms with Gasteiger partial charge >= 0.3 is 0 Å². The van der Waals surface area contributed by atoms with Crippen molar-refractivity contribution in [2.75, 3.05) is 11.6 Å². The molecule has 0 spiro atoms. The maximum absolute atomic E-state index is 13.4. The van der Waals surface area contributed by atoms with Crippen LogP contribution >= 0.6 is 23.2 Å². The van der Waals surface area contributed by atoms with Crippen LogP contribution in [0.3, 0.4) is 0 Å². The van der Waals surface area contributed by atoms with Gasteiger partial charge in [0, 0.05) is 44.7 Å². The number of H-pyrrole nitrogens is 1. The number of rotatable bonds is 5. The molecule has 0 saturated heterocycles. The van der Waals surface area contributed by atoms with E-state index in [4.69, 9.17) is 23.2 Å². The summed E-state index contributed by atoms with van der Waals surface area (Å²) in [5.74, 6) is -0.384. The number of fused-ring (bicyclic) bond motifs is 1. The summed E-state index contributed by atoms with van der Waals surface area (Å²) >= 11 is 12.5. The molecule has 198 valence electrons. The average molecular weight is 578 g/mol. The van der Waals surface area contributed by atoms with Gasteiger partial charge in [-0.15, -0.1) is 6.58 Å². The molecule has 1 amide bonds. The first-order chi connectivity index (χ1) is 18.6. The van der Waals surface area contributed by atoms with Gasteiger partial charge in [-0.1, -0.05) is 59.6 Å². The maximum atomic E-state index is 13.4. The fraction of sp³-hybridized carbons (Fsp3) is 0.0645. The molecule has 39 heavy (non-hydrogen) atoms. The van der Waals surface area contributed by atoms with Crippen molar-refractivity contribution in [3.8, 4) is 22.4 Å². The molecule has 0 aliphatic heterocycles. The second-order valence-corrected chi connectivity index (χ2v) is 11.7. The zero-order valence-electron chi connectivity index (χ0n) is 21.3. The first-order valence-electron chi connectivity index (χ1n) is 12.0. The summed E-state index contributed by atoms with van der Waals surface area (Å²) in [6.45, 7) is 5.25. The van der Waals surface area contributed by atoms with Crippen LogP contribution in [0.4, 0.5) is 5.69 Å². The lowest BCUT2D eigenvalue weighted by Gasteiger charge is -2.13. The van der Waals surface area contributed by atoms with Gasteiger partial charge in [-0.25, -0.2) is 8.42 Å². The monoisotopic (exact) mass is 576 g/mol. The molecule has 5 aromatic rings. The number of carbonyl (C=O) groups excluding carboxylic acids is 1. The predicted molar refractivity (Wildman–Crippen MR) is 163 cm³/mol. The zero-order chi connectivity index (χ0) is 28.2. The molecule has 0 radical (unpaired) electrons. The van der Waals surface area contributed by atoms with Gasteiger partial charge < -0.3 is 10.3 Å². The number of anilines is 1. The Kier molecular flexibility index (Phi) is 8.60. The lowest BCUT2D eigenvalue weighted by Crippen LogP contribution is -2.14. The minimum atomic E-state index is -3.47. The van der Waals surface area contributed by atoms with Crippen LogP contribution in [0.2, 0.25) is 10.0 Å². The zero-order valence-corrected chi connectivity index (χ0v) is 23.7. The van der Waals surface area contributed by atoms with Crippen LogP contribution < -0.4 is 5.32 Å². The molecule has 0 bridgehead atoms. The van der Waals surface area contributed by atoms with Crippen molar-refractivity contribution in [3.05, 3.63) is 119 Å². The standard InChI is InChI=1S/C28H20Cl2N2O3S.C3H6/c1-36(34,35)21-11-12-22(23(16-21)17-6-8-19(29)9-7-17)28(33)31-20-10-13-25(30)24(15-20)27-14-18-4-2-3-5-26(18)32-27;1-3-2/h2-16,32H,1H3,(H,31,33);3H,1H2,2H3. The molecule has 2 N–H and O–H groups in total. The highest BCUT2D eigenvalue weighted by Crippen LogP contribution is 2.33. The highest BCUT2D eigenvalue weighted by molar-refractivity contribution is 7.90. The Bertz CT molecular complexity index is 1740. The van der Waals surface area contributed by atoms with Gasteiger partial charge in [-0.2, -0.15) is 0 Å². The van der Waals surface area contributed by atoms with E-state index in [2.05, 4.69) is 16.9 Å². The van der Waals surface area contributed by atoms with Crippen molar-refractivity contribution in [2.45, 2.75) is 11.8 Å². The smallest absolute Gasteiger partial charge is 0.256 e. The number of benzene rings is 4. The van der Waals surface area contributed by atoms with Crippen molar-refractivity contribution in [1.29, 1.82) is 0 Å². The number of allylic oxidation sites excluding steroid dienone is 1. The molecule has 0 saturated carbocycles. The fourth-order valence-corrected chi connectivity index (χ4v) is 5.04. The maximum Gasteiger partial charge on any atom is 0.256 e. The Hall–Kier alpha value is -3.84. The van der Waals surface area contributed by atoms with Crippen molar-refractivity contribution in [2.24, 2.45) is 0 Å². The number of carbonyl (C=O) groups is 1. The summed E-state index contributed by atoms with van der Waals surface area (Å²) in [5.41, 5.74) is 4.59. The van der Waals surface area contributed by atoms with Gasteiger partial charge in [-0.05, 0) is 78.7 Å². The predicted octanol–water partition coefficient (Wildman–Crippen LogP) is 8.66. The number of para-hydroxylation sites is 1. The Balaban J connectivity index is 0.00000112. The third kappa shape index (κ3) is 6.60. The third-order valence-electron chi connectivity index (χ3n) is 5.86. The van der Waals surface area contributed by atoms with E-state index in [9.17, 15) is 13.2 Å². The SMILES string of the molecule is C=CC.CS(=O)(=O)c1ccc(C(=O)Nc2ccc(Cl)c(-c3cc4ccccc4[nH]3)c2)c(-c2ccc(Cl)cc2)c1. The second kappa shape index (κ2) is 11.9. The quantitative estimate of drug-likeness (QED) is 0.205. The van der Waals surface area contributed by atoms with E-state index in [0.717, 1.165) is 28.4 Å². The van der Waals surface area contributed by atoms with Gasteiger partial charge in [0.25, 0.3) is 5.91 Å². The lowest BCUT2D eigenvalue weighted by molar-refractivity contribution is 0.102. The van der Waals surface area contributed by atoms with E-state index in [1.807, 2.05) is 37.3 Å². The molecule has 5 rings (SSSR count). The second-order valence-electron chi connectivity index (χ2n) is 8.81. The van der Waals surface area contributed by atoms with Crippen LogP contribution in [0, 0.1) is 0 Å². The number of hydrogen-bond donors (Lipinski definition) is 2. The topological polar surface area (TPSA) is 79.0 Å². The number of halogens is 2. The molecule has 0 atom stereocenters. The Morgan fingerprint density at radius 3 is 2.26 bits per heavy atom. The van der Waals surface area contributed by atoms with Crippen molar-refractivity contribution >= 4 is 55.5 Å². The number of amides is 1. The average Bonchev–Trinajstić information content (AvgIpc) is 3.34. The van der Waals surface area contributed by atoms with Gasteiger partial charge in [0.05, 0.1) is 9.92 Å². The Labute approximate surface area is 238 Å². The summed E-state index contributed by atoms with van der Waals surface area (Å²) < 4.78 is 24.3. The minimum absolute atomic E-state index is 0.122. The highest BCUT2D eigenvalue weighted by atomic mass is 35.5. The normalized spacial score (nSPS) is 11.0. The largest absolute Gasteiger partial charge is 0.354 e. The lowest BCUT2D eigenvalue weighted by atomic mass is 9.99. The molecular weight excluding hydrogens is 551 g/mol. The Morgan fingerprint density at radius 1 is 0.897 bits per heavy atom. The van der Waals surface area contributed by atoms with E-state index in [0.29, 0.717) is 32.4 Å². The third-order valence-corrected chi connectivity index (χ3v) is 7.56. The van der Waals surface area contributed by atoms with Gasteiger partial charge in [0.15, 0.2) is 9.84 Å². The molecule has 0 aliphatic carbocycles. The molecule has 0 fully saturated rings.